The van der Waals surface area contributed by atoms with Gasteiger partial charge in [-0.1, -0.05) is 6.92 Å². The molecule has 0 aromatic heterocycles. The highest BCUT2D eigenvalue weighted by atomic mass is 16.5. The number of fused-ring (bicyclic) bond motifs is 1. The van der Waals surface area contributed by atoms with Crippen molar-refractivity contribution in [1.29, 1.82) is 0 Å². The van der Waals surface area contributed by atoms with E-state index < -0.39 is 0 Å². The van der Waals surface area contributed by atoms with Crippen LogP contribution in [0.25, 0.3) is 0 Å². The van der Waals surface area contributed by atoms with Crippen molar-refractivity contribution in [3.8, 4) is 11.5 Å². The number of nitrogens with two attached hydrogens (primary N) is 1. The number of benzene rings is 1. The predicted octanol–water partition coefficient (Wildman–Crippen LogP) is 2.65. The third-order valence-corrected chi connectivity index (χ3v) is 3.98. The number of hydrogen-bond donors (Lipinski definition) is 1. The lowest BCUT2D eigenvalue weighted by Gasteiger charge is -2.50. The Bertz CT molecular complexity index is 438. The van der Waals surface area contributed by atoms with Gasteiger partial charge < -0.3 is 15.2 Å². The molecule has 2 aliphatic rings. The molecule has 3 heteroatoms. The summed E-state index contributed by atoms with van der Waals surface area (Å²) in [6.45, 7) is 2.27. The van der Waals surface area contributed by atoms with Crippen LogP contribution in [0.4, 0.5) is 0 Å². The molecule has 1 aliphatic carbocycles. The molecule has 0 radical (unpaired) electrons. The topological polar surface area (TPSA) is 44.5 Å². The van der Waals surface area contributed by atoms with Gasteiger partial charge in [-0.2, -0.15) is 0 Å². The second-order valence-electron chi connectivity index (χ2n) is 5.51. The van der Waals surface area contributed by atoms with Gasteiger partial charge in [-0.3, -0.25) is 0 Å². The smallest absolute Gasteiger partial charge is 0.125 e. The van der Waals surface area contributed by atoms with E-state index in [-0.39, 0.29) is 11.6 Å². The molecule has 1 saturated carbocycles. The molecular weight excluding hydrogens is 214 g/mol. The van der Waals surface area contributed by atoms with Crippen LogP contribution in [0.15, 0.2) is 18.2 Å². The van der Waals surface area contributed by atoms with Crippen molar-refractivity contribution in [2.45, 2.75) is 37.8 Å². The Kier molecular flexibility index (Phi) is 2.33. The third kappa shape index (κ3) is 1.69. The molecule has 1 aromatic rings. The van der Waals surface area contributed by atoms with Crippen LogP contribution >= 0.6 is 0 Å². The van der Waals surface area contributed by atoms with Crippen LogP contribution in [0.3, 0.4) is 0 Å². The number of methoxy groups -OCH3 is 1. The maximum absolute atomic E-state index is 6.26. The summed E-state index contributed by atoms with van der Waals surface area (Å²) in [6.07, 6.45) is 3.19. The van der Waals surface area contributed by atoms with Crippen LogP contribution in [-0.4, -0.2) is 12.7 Å². The molecule has 1 spiro atoms. The van der Waals surface area contributed by atoms with E-state index in [0.29, 0.717) is 0 Å². The van der Waals surface area contributed by atoms with Crippen molar-refractivity contribution in [1.82, 2.24) is 0 Å². The van der Waals surface area contributed by atoms with Gasteiger partial charge in [-0.15, -0.1) is 0 Å². The number of ether oxygens (including phenoxy) is 2. The highest BCUT2D eigenvalue weighted by Gasteiger charge is 2.48. The summed E-state index contributed by atoms with van der Waals surface area (Å²) in [4.78, 5) is 0. The molecule has 1 heterocycles. The average Bonchev–Trinajstić information content (AvgIpc) is 2.27. The van der Waals surface area contributed by atoms with E-state index in [0.717, 1.165) is 42.2 Å². The summed E-state index contributed by atoms with van der Waals surface area (Å²) in [6, 6.07) is 5.99. The largest absolute Gasteiger partial charge is 0.497 e. The van der Waals surface area contributed by atoms with Crippen LogP contribution < -0.4 is 15.2 Å². The summed E-state index contributed by atoms with van der Waals surface area (Å²) >= 11 is 0. The highest BCUT2D eigenvalue weighted by molar-refractivity contribution is 5.44. The zero-order chi connectivity index (χ0) is 12.0. The van der Waals surface area contributed by atoms with Crippen molar-refractivity contribution in [3.05, 3.63) is 23.8 Å². The molecule has 1 fully saturated rings. The molecule has 0 bridgehead atoms. The average molecular weight is 233 g/mol. The molecular formula is C14H19NO2. The normalized spacial score (nSPS) is 34.8. The van der Waals surface area contributed by atoms with E-state index >= 15 is 0 Å². The van der Waals surface area contributed by atoms with Gasteiger partial charge in [-0.05, 0) is 37.0 Å². The number of hydrogen-bond acceptors (Lipinski definition) is 3. The summed E-state index contributed by atoms with van der Waals surface area (Å²) in [5, 5.41) is 0. The standard InChI is InChI=1S/C14H19NO2/c1-9-6-14(7-9)8-12(15)11-5-10(16-2)3-4-13(11)17-14/h3-5,9,12H,6-8,15H2,1-2H3/t9?,12-,14?/m0/s1. The van der Waals surface area contributed by atoms with Crippen LogP contribution in [0.5, 0.6) is 11.5 Å². The van der Waals surface area contributed by atoms with Gasteiger partial charge in [0.1, 0.15) is 17.1 Å². The van der Waals surface area contributed by atoms with E-state index in [9.17, 15) is 0 Å². The van der Waals surface area contributed by atoms with Crippen molar-refractivity contribution >= 4 is 0 Å². The molecule has 2 N–H and O–H groups in total. The lowest BCUT2D eigenvalue weighted by atomic mass is 9.67. The van der Waals surface area contributed by atoms with Gasteiger partial charge in [0.25, 0.3) is 0 Å². The van der Waals surface area contributed by atoms with Crippen LogP contribution in [0.2, 0.25) is 0 Å². The predicted molar refractivity (Wildman–Crippen MR) is 66.3 cm³/mol. The first kappa shape index (κ1) is 10.9. The van der Waals surface area contributed by atoms with Crippen molar-refractivity contribution in [2.24, 2.45) is 11.7 Å². The molecule has 0 unspecified atom stereocenters. The minimum atomic E-state index is 0.0143. The third-order valence-electron chi connectivity index (χ3n) is 3.98. The minimum Gasteiger partial charge on any atom is -0.497 e. The van der Waals surface area contributed by atoms with Crippen molar-refractivity contribution in [2.75, 3.05) is 7.11 Å². The van der Waals surface area contributed by atoms with Crippen molar-refractivity contribution in [3.63, 3.8) is 0 Å². The highest BCUT2D eigenvalue weighted by Crippen LogP contribution is 2.50. The molecule has 0 amide bonds. The van der Waals surface area contributed by atoms with Crippen LogP contribution in [-0.2, 0) is 0 Å². The Labute approximate surface area is 102 Å². The molecule has 3 rings (SSSR count). The molecule has 1 atom stereocenters. The second-order valence-corrected chi connectivity index (χ2v) is 5.51. The molecule has 1 aliphatic heterocycles. The molecule has 17 heavy (non-hydrogen) atoms. The van der Waals surface area contributed by atoms with Crippen LogP contribution in [0, 0.1) is 5.92 Å². The van der Waals surface area contributed by atoms with E-state index in [1.54, 1.807) is 7.11 Å². The first-order chi connectivity index (χ1) is 8.12. The molecule has 1 aromatic carbocycles. The van der Waals surface area contributed by atoms with E-state index in [1.165, 1.54) is 0 Å². The van der Waals surface area contributed by atoms with Gasteiger partial charge in [0.15, 0.2) is 0 Å². The summed E-state index contributed by atoms with van der Waals surface area (Å²) in [7, 11) is 1.67. The Morgan fingerprint density at radius 2 is 2.12 bits per heavy atom. The fourth-order valence-electron chi connectivity index (χ4n) is 3.28. The summed E-state index contributed by atoms with van der Waals surface area (Å²) in [5.41, 5.74) is 7.36. The lowest BCUT2D eigenvalue weighted by molar-refractivity contribution is -0.0658. The monoisotopic (exact) mass is 233 g/mol. The molecule has 0 saturated heterocycles. The first-order valence-electron chi connectivity index (χ1n) is 6.24. The zero-order valence-corrected chi connectivity index (χ0v) is 10.4. The Hall–Kier alpha value is -1.22. The molecule has 3 nitrogen and oxygen atoms in total. The van der Waals surface area contributed by atoms with Gasteiger partial charge in [0, 0.05) is 18.0 Å². The Balaban J connectivity index is 1.92. The van der Waals surface area contributed by atoms with Gasteiger partial charge in [-0.25, -0.2) is 0 Å². The maximum atomic E-state index is 6.26. The number of rotatable bonds is 1. The second kappa shape index (κ2) is 3.64. The minimum absolute atomic E-state index is 0.0143. The fourth-order valence-corrected chi connectivity index (χ4v) is 3.28. The van der Waals surface area contributed by atoms with E-state index in [1.807, 2.05) is 18.2 Å². The van der Waals surface area contributed by atoms with Crippen molar-refractivity contribution < 1.29 is 9.47 Å². The van der Waals surface area contributed by atoms with Gasteiger partial charge in [0.2, 0.25) is 0 Å². The first-order valence-corrected chi connectivity index (χ1v) is 6.24. The SMILES string of the molecule is COc1ccc2c(c1)[C@@H](N)CC1(CC(C)C1)O2. The maximum Gasteiger partial charge on any atom is 0.125 e. The van der Waals surface area contributed by atoms with Gasteiger partial charge >= 0.3 is 0 Å². The van der Waals surface area contributed by atoms with Gasteiger partial charge in [0.05, 0.1) is 7.11 Å². The van der Waals surface area contributed by atoms with E-state index in [4.69, 9.17) is 15.2 Å². The Morgan fingerprint density at radius 3 is 2.76 bits per heavy atom. The summed E-state index contributed by atoms with van der Waals surface area (Å²) < 4.78 is 11.4. The van der Waals surface area contributed by atoms with E-state index in [2.05, 4.69) is 6.92 Å². The zero-order valence-electron chi connectivity index (χ0n) is 10.4. The Morgan fingerprint density at radius 1 is 1.35 bits per heavy atom. The quantitative estimate of drug-likeness (QED) is 0.811. The fraction of sp³-hybridized carbons (Fsp3) is 0.571. The van der Waals surface area contributed by atoms with Crippen LogP contribution in [0.1, 0.15) is 37.8 Å². The summed E-state index contributed by atoms with van der Waals surface area (Å²) in [5.74, 6) is 2.55. The molecule has 92 valence electrons. The lowest BCUT2D eigenvalue weighted by Crippen LogP contribution is -2.52.